The Bertz CT molecular complexity index is 1440. The highest BCUT2D eigenvalue weighted by Crippen LogP contribution is 2.52. The van der Waals surface area contributed by atoms with E-state index < -0.39 is 16.0 Å². The Morgan fingerprint density at radius 1 is 0.556 bits per heavy atom. The van der Waals surface area contributed by atoms with E-state index in [4.69, 9.17) is 0 Å². The second-order valence-corrected chi connectivity index (χ2v) is 17.9. The van der Waals surface area contributed by atoms with Gasteiger partial charge in [-0.1, -0.05) is 140 Å². The van der Waals surface area contributed by atoms with E-state index in [1.54, 1.807) is 22.3 Å². The highest BCUT2D eigenvalue weighted by molar-refractivity contribution is 7.80. The zero-order valence-corrected chi connectivity index (χ0v) is 23.5. The quantitative estimate of drug-likeness (QED) is 0.193. The van der Waals surface area contributed by atoms with Crippen LogP contribution in [0.4, 0.5) is 0 Å². The summed E-state index contributed by atoms with van der Waals surface area (Å²) in [6, 6.07) is 38.4. The first kappa shape index (κ1) is 23.4. The summed E-state index contributed by atoms with van der Waals surface area (Å²) in [5, 5.41) is 4.33. The molecule has 178 valence electrons. The van der Waals surface area contributed by atoms with E-state index in [-0.39, 0.29) is 0 Å². The first-order valence-electron chi connectivity index (χ1n) is 13.0. The third kappa shape index (κ3) is 3.77. The molecule has 36 heavy (non-hydrogen) atoms. The van der Waals surface area contributed by atoms with Gasteiger partial charge in [-0.3, -0.25) is 0 Å². The minimum absolute atomic E-state index is 0.523. The number of fused-ring (bicyclic) bond motifs is 2. The van der Waals surface area contributed by atoms with Crippen LogP contribution in [-0.4, -0.2) is 8.07 Å². The largest absolute Gasteiger partial charge is 0.0722 e. The fraction of sp³-hybridized carbons (Fsp3) is 0.176. The molecule has 2 aliphatic rings. The molecule has 0 aliphatic heterocycles. The second kappa shape index (κ2) is 9.15. The van der Waals surface area contributed by atoms with Gasteiger partial charge in [-0.15, -0.1) is 0 Å². The van der Waals surface area contributed by atoms with Gasteiger partial charge in [-0.05, 0) is 59.9 Å². The fourth-order valence-corrected chi connectivity index (χ4v) is 14.4. The number of hydrogen-bond acceptors (Lipinski definition) is 0. The fourth-order valence-electron chi connectivity index (χ4n) is 6.93. The van der Waals surface area contributed by atoms with Crippen LogP contribution in [0.1, 0.15) is 47.2 Å². The smallest absolute Gasteiger partial charge is 0.0679 e. The first-order chi connectivity index (χ1) is 17.5. The maximum absolute atomic E-state index is 2.62. The standard InChI is InChI=1S/C34H33PSi/c1-24-22-26-14-11-12-19-29(26)33(24)36(3,4)34-25(2)23-31-30(34)20-13-21-32(31)35(27-15-7-5-8-16-27)28-17-9-6-10-18-28/h5-23,33-34H,1-4H3. The van der Waals surface area contributed by atoms with Crippen LogP contribution in [-0.2, 0) is 0 Å². The summed E-state index contributed by atoms with van der Waals surface area (Å²) >= 11 is 0. The zero-order valence-electron chi connectivity index (χ0n) is 21.6. The van der Waals surface area contributed by atoms with Gasteiger partial charge in [0.1, 0.15) is 0 Å². The van der Waals surface area contributed by atoms with Crippen molar-refractivity contribution in [2.75, 3.05) is 0 Å². The van der Waals surface area contributed by atoms with Crippen molar-refractivity contribution < 1.29 is 0 Å². The van der Waals surface area contributed by atoms with Crippen molar-refractivity contribution in [2.24, 2.45) is 0 Å². The molecule has 0 radical (unpaired) electrons. The van der Waals surface area contributed by atoms with E-state index in [1.807, 2.05) is 0 Å². The van der Waals surface area contributed by atoms with Crippen molar-refractivity contribution in [2.45, 2.75) is 38.0 Å². The highest BCUT2D eigenvalue weighted by atomic mass is 31.1. The topological polar surface area (TPSA) is 0 Å². The number of rotatable bonds is 5. The SMILES string of the molecule is CC1=Cc2ccccc2C1[Si](C)(C)C1C(C)=Cc2c1cccc2P(c1ccccc1)c1ccccc1. The Labute approximate surface area is 218 Å². The summed E-state index contributed by atoms with van der Waals surface area (Å²) in [4.78, 5) is 0. The Kier molecular flexibility index (Phi) is 5.95. The van der Waals surface area contributed by atoms with Gasteiger partial charge in [0.25, 0.3) is 0 Å². The summed E-state index contributed by atoms with van der Waals surface area (Å²) in [5.74, 6) is 0. The number of benzene rings is 4. The minimum atomic E-state index is -1.81. The molecule has 4 aromatic rings. The van der Waals surface area contributed by atoms with Gasteiger partial charge in [-0.2, -0.15) is 0 Å². The Balaban J connectivity index is 1.49. The molecular weight excluding hydrogens is 467 g/mol. The van der Waals surface area contributed by atoms with Crippen LogP contribution in [0.25, 0.3) is 12.2 Å². The lowest BCUT2D eigenvalue weighted by Gasteiger charge is -2.39. The van der Waals surface area contributed by atoms with E-state index in [0.717, 1.165) is 0 Å². The summed E-state index contributed by atoms with van der Waals surface area (Å²) in [7, 11) is -2.44. The molecular formula is C34H33PSi. The Hall–Kier alpha value is -2.99. The summed E-state index contributed by atoms with van der Waals surface area (Å²) in [6.45, 7) is 9.99. The normalized spacial score (nSPS) is 18.6. The number of hydrogen-bond donors (Lipinski definition) is 0. The van der Waals surface area contributed by atoms with Crippen LogP contribution >= 0.6 is 7.92 Å². The Morgan fingerprint density at radius 2 is 1.08 bits per heavy atom. The predicted octanol–water partition coefficient (Wildman–Crippen LogP) is 7.93. The second-order valence-electron chi connectivity index (χ2n) is 10.9. The van der Waals surface area contributed by atoms with Crippen molar-refractivity contribution >= 4 is 44.1 Å². The van der Waals surface area contributed by atoms with Crippen LogP contribution in [0.2, 0.25) is 13.1 Å². The molecule has 2 aliphatic carbocycles. The van der Waals surface area contributed by atoms with Gasteiger partial charge in [-0.25, -0.2) is 0 Å². The van der Waals surface area contributed by atoms with E-state index in [1.165, 1.54) is 27.0 Å². The maximum atomic E-state index is 2.62. The van der Waals surface area contributed by atoms with Crippen LogP contribution < -0.4 is 15.9 Å². The van der Waals surface area contributed by atoms with Crippen molar-refractivity contribution in [1.29, 1.82) is 0 Å². The summed E-state index contributed by atoms with van der Waals surface area (Å²) in [5.41, 5.74) is 10.2. The van der Waals surface area contributed by atoms with E-state index in [2.05, 4.69) is 142 Å². The van der Waals surface area contributed by atoms with Crippen molar-refractivity contribution in [1.82, 2.24) is 0 Å². The molecule has 0 fully saturated rings. The molecule has 0 heterocycles. The zero-order chi connectivity index (χ0) is 24.9. The van der Waals surface area contributed by atoms with Crippen LogP contribution in [0.15, 0.2) is 114 Å². The highest BCUT2D eigenvalue weighted by Gasteiger charge is 2.47. The van der Waals surface area contributed by atoms with Crippen LogP contribution in [0, 0.1) is 0 Å². The summed E-state index contributed by atoms with van der Waals surface area (Å²) < 4.78 is 0. The molecule has 2 unspecified atom stereocenters. The van der Waals surface area contributed by atoms with E-state index in [9.17, 15) is 0 Å². The third-order valence-electron chi connectivity index (χ3n) is 8.16. The van der Waals surface area contributed by atoms with Crippen molar-refractivity contribution in [3.8, 4) is 0 Å². The van der Waals surface area contributed by atoms with Gasteiger partial charge in [0.15, 0.2) is 0 Å². The lowest BCUT2D eigenvalue weighted by Crippen LogP contribution is -2.42. The molecule has 0 amide bonds. The molecule has 2 atom stereocenters. The van der Waals surface area contributed by atoms with Gasteiger partial charge in [0, 0.05) is 11.1 Å². The maximum Gasteiger partial charge on any atom is 0.0722 e. The van der Waals surface area contributed by atoms with Crippen molar-refractivity contribution in [3.05, 3.63) is 137 Å². The molecule has 2 heteroatoms. The Morgan fingerprint density at radius 3 is 1.75 bits per heavy atom. The number of allylic oxidation sites excluding steroid dienone is 2. The molecule has 4 aromatic carbocycles. The molecule has 0 aromatic heterocycles. The molecule has 0 saturated carbocycles. The third-order valence-corrected chi connectivity index (χ3v) is 15.2. The predicted molar refractivity (Wildman–Crippen MR) is 162 cm³/mol. The lowest BCUT2D eigenvalue weighted by molar-refractivity contribution is 0.969. The van der Waals surface area contributed by atoms with Crippen molar-refractivity contribution in [3.63, 3.8) is 0 Å². The monoisotopic (exact) mass is 500 g/mol. The van der Waals surface area contributed by atoms with E-state index in [0.29, 0.717) is 11.1 Å². The van der Waals surface area contributed by atoms with Gasteiger partial charge >= 0.3 is 0 Å². The lowest BCUT2D eigenvalue weighted by atomic mass is 10.1. The molecule has 0 saturated heterocycles. The van der Waals surface area contributed by atoms with Gasteiger partial charge in [0.05, 0.1) is 8.07 Å². The average molecular weight is 501 g/mol. The minimum Gasteiger partial charge on any atom is -0.0679 e. The molecule has 0 bridgehead atoms. The first-order valence-corrected chi connectivity index (χ1v) is 17.4. The summed E-state index contributed by atoms with van der Waals surface area (Å²) in [6.07, 6.45) is 4.97. The molecule has 0 nitrogen and oxygen atoms in total. The molecule has 6 rings (SSSR count). The molecule has 0 N–H and O–H groups in total. The van der Waals surface area contributed by atoms with Crippen LogP contribution in [0.5, 0.6) is 0 Å². The van der Waals surface area contributed by atoms with Gasteiger partial charge in [0.2, 0.25) is 0 Å². The molecule has 0 spiro atoms. The van der Waals surface area contributed by atoms with E-state index >= 15 is 0 Å². The van der Waals surface area contributed by atoms with Crippen LogP contribution in [0.3, 0.4) is 0 Å². The average Bonchev–Trinajstić information content (AvgIpc) is 3.42. The van der Waals surface area contributed by atoms with Gasteiger partial charge < -0.3 is 0 Å².